The molecule has 0 radical (unpaired) electrons. The van der Waals surface area contributed by atoms with E-state index in [9.17, 15) is 4.79 Å². The van der Waals surface area contributed by atoms with E-state index in [4.69, 9.17) is 4.74 Å². The minimum Gasteiger partial charge on any atom is -0.450 e. The Bertz CT molecular complexity index is 346. The molecule has 0 aromatic heterocycles. The molecule has 0 unspecified atom stereocenters. The van der Waals surface area contributed by atoms with Gasteiger partial charge in [-0.25, -0.2) is 4.79 Å². The summed E-state index contributed by atoms with van der Waals surface area (Å²) in [5, 5.41) is 2.87. The highest BCUT2D eigenvalue weighted by atomic mass is 16.5. The molecule has 0 aliphatic heterocycles. The second-order valence-corrected chi connectivity index (χ2v) is 4.71. The molecule has 3 nitrogen and oxygen atoms in total. The summed E-state index contributed by atoms with van der Waals surface area (Å²) < 4.78 is 4.88. The van der Waals surface area contributed by atoms with Gasteiger partial charge in [-0.1, -0.05) is 30.3 Å². The third-order valence-electron chi connectivity index (χ3n) is 2.60. The van der Waals surface area contributed by atoms with E-state index in [2.05, 4.69) is 17.4 Å². The molecule has 17 heavy (non-hydrogen) atoms. The van der Waals surface area contributed by atoms with Crippen molar-refractivity contribution >= 4 is 6.09 Å². The number of hydrogen-bond acceptors (Lipinski definition) is 2. The highest BCUT2D eigenvalue weighted by Gasteiger charge is 2.20. The second-order valence-electron chi connectivity index (χ2n) is 4.71. The number of amides is 1. The smallest absolute Gasteiger partial charge is 0.407 e. The fraction of sp³-hybridized carbons (Fsp3) is 0.500. The van der Waals surface area contributed by atoms with Crippen LogP contribution in [-0.4, -0.2) is 18.2 Å². The Morgan fingerprint density at radius 1 is 1.29 bits per heavy atom. The van der Waals surface area contributed by atoms with Gasteiger partial charge in [-0.05, 0) is 39.2 Å². The molecule has 0 saturated heterocycles. The number of rotatable bonds is 5. The van der Waals surface area contributed by atoms with Gasteiger partial charge < -0.3 is 10.1 Å². The van der Waals surface area contributed by atoms with Crippen molar-refractivity contribution in [2.24, 2.45) is 0 Å². The first kappa shape index (κ1) is 13.6. The molecule has 0 fully saturated rings. The van der Waals surface area contributed by atoms with E-state index in [-0.39, 0.29) is 11.6 Å². The first-order valence-electron chi connectivity index (χ1n) is 6.02. The fourth-order valence-electron chi connectivity index (χ4n) is 1.61. The van der Waals surface area contributed by atoms with E-state index in [0.717, 1.165) is 12.8 Å². The molecule has 0 saturated carbocycles. The Labute approximate surface area is 103 Å². The normalized spacial score (nSPS) is 11.0. The van der Waals surface area contributed by atoms with Crippen molar-refractivity contribution in [2.45, 2.75) is 39.2 Å². The zero-order valence-electron chi connectivity index (χ0n) is 10.8. The van der Waals surface area contributed by atoms with Crippen LogP contribution in [0.1, 0.15) is 32.8 Å². The van der Waals surface area contributed by atoms with E-state index >= 15 is 0 Å². The lowest BCUT2D eigenvalue weighted by atomic mass is 9.95. The standard InChI is InChI=1S/C14H21NO2/c1-4-17-13(16)15-14(2,3)11-10-12-8-6-5-7-9-12/h5-9H,4,10-11H2,1-3H3,(H,15,16). The third kappa shape index (κ3) is 5.38. The van der Waals surface area contributed by atoms with E-state index < -0.39 is 0 Å². The first-order chi connectivity index (χ1) is 8.03. The number of carbonyl (C=O) groups is 1. The lowest BCUT2D eigenvalue weighted by Gasteiger charge is -2.25. The van der Waals surface area contributed by atoms with E-state index in [1.807, 2.05) is 32.0 Å². The zero-order valence-corrected chi connectivity index (χ0v) is 10.8. The lowest BCUT2D eigenvalue weighted by molar-refractivity contribution is 0.140. The lowest BCUT2D eigenvalue weighted by Crippen LogP contribution is -2.44. The second kappa shape index (κ2) is 6.28. The Kier molecular flexibility index (Phi) is 5.01. The monoisotopic (exact) mass is 235 g/mol. The predicted octanol–water partition coefficient (Wildman–Crippen LogP) is 3.14. The van der Waals surface area contributed by atoms with Crippen molar-refractivity contribution in [3.63, 3.8) is 0 Å². The summed E-state index contributed by atoms with van der Waals surface area (Å²) in [6.07, 6.45) is 1.49. The average molecular weight is 235 g/mol. The largest absolute Gasteiger partial charge is 0.450 e. The SMILES string of the molecule is CCOC(=O)NC(C)(C)CCc1ccccc1. The molecule has 0 aliphatic rings. The minimum absolute atomic E-state index is 0.248. The number of alkyl carbamates (subject to hydrolysis) is 1. The van der Waals surface area contributed by atoms with E-state index in [0.29, 0.717) is 6.61 Å². The molecule has 0 bridgehead atoms. The highest BCUT2D eigenvalue weighted by molar-refractivity contribution is 5.68. The van der Waals surface area contributed by atoms with Crippen molar-refractivity contribution in [1.29, 1.82) is 0 Å². The molecule has 3 heteroatoms. The Morgan fingerprint density at radius 3 is 2.53 bits per heavy atom. The number of carbonyl (C=O) groups excluding carboxylic acids is 1. The summed E-state index contributed by atoms with van der Waals surface area (Å²) >= 11 is 0. The van der Waals surface area contributed by atoms with Gasteiger partial charge in [-0.2, -0.15) is 0 Å². The van der Waals surface area contributed by atoms with Crippen molar-refractivity contribution in [3.05, 3.63) is 35.9 Å². The quantitative estimate of drug-likeness (QED) is 0.851. The summed E-state index contributed by atoms with van der Waals surface area (Å²) in [5.41, 5.74) is 1.04. The predicted molar refractivity (Wildman–Crippen MR) is 69.0 cm³/mol. The van der Waals surface area contributed by atoms with Gasteiger partial charge in [0.2, 0.25) is 0 Å². The molecular formula is C14H21NO2. The maximum atomic E-state index is 11.3. The number of nitrogens with one attached hydrogen (secondary N) is 1. The number of benzene rings is 1. The third-order valence-corrected chi connectivity index (χ3v) is 2.60. The van der Waals surface area contributed by atoms with Crippen LogP contribution in [0, 0.1) is 0 Å². The number of aryl methyl sites for hydroxylation is 1. The average Bonchev–Trinajstić information content (AvgIpc) is 2.27. The van der Waals surface area contributed by atoms with Gasteiger partial charge in [-0.15, -0.1) is 0 Å². The Morgan fingerprint density at radius 2 is 1.94 bits per heavy atom. The molecule has 0 heterocycles. The molecule has 1 N–H and O–H groups in total. The molecule has 1 aromatic carbocycles. The van der Waals surface area contributed by atoms with E-state index in [1.54, 1.807) is 6.92 Å². The van der Waals surface area contributed by atoms with Crippen LogP contribution in [-0.2, 0) is 11.2 Å². The first-order valence-corrected chi connectivity index (χ1v) is 6.02. The molecule has 1 amide bonds. The molecule has 0 atom stereocenters. The van der Waals surface area contributed by atoms with Crippen molar-refractivity contribution < 1.29 is 9.53 Å². The maximum Gasteiger partial charge on any atom is 0.407 e. The summed E-state index contributed by atoms with van der Waals surface area (Å²) in [5.74, 6) is 0. The summed E-state index contributed by atoms with van der Waals surface area (Å²) in [4.78, 5) is 11.3. The van der Waals surface area contributed by atoms with Crippen LogP contribution < -0.4 is 5.32 Å². The summed E-state index contributed by atoms with van der Waals surface area (Å²) in [6.45, 7) is 6.22. The van der Waals surface area contributed by atoms with Crippen LogP contribution in [0.25, 0.3) is 0 Å². The van der Waals surface area contributed by atoms with Gasteiger partial charge in [-0.3, -0.25) is 0 Å². The van der Waals surface area contributed by atoms with Crippen molar-refractivity contribution in [1.82, 2.24) is 5.32 Å². The van der Waals surface area contributed by atoms with Gasteiger partial charge in [0.1, 0.15) is 0 Å². The fourth-order valence-corrected chi connectivity index (χ4v) is 1.61. The van der Waals surface area contributed by atoms with Crippen LogP contribution in [0.3, 0.4) is 0 Å². The summed E-state index contributed by atoms with van der Waals surface area (Å²) in [7, 11) is 0. The van der Waals surface area contributed by atoms with Gasteiger partial charge >= 0.3 is 6.09 Å². The van der Waals surface area contributed by atoms with Crippen molar-refractivity contribution in [3.8, 4) is 0 Å². The molecule has 0 aliphatic carbocycles. The molecular weight excluding hydrogens is 214 g/mol. The highest BCUT2D eigenvalue weighted by Crippen LogP contribution is 2.13. The van der Waals surface area contributed by atoms with Crippen LogP contribution in [0.4, 0.5) is 4.79 Å². The number of hydrogen-bond donors (Lipinski definition) is 1. The van der Waals surface area contributed by atoms with Crippen LogP contribution in [0.5, 0.6) is 0 Å². The van der Waals surface area contributed by atoms with Crippen LogP contribution in [0.15, 0.2) is 30.3 Å². The molecule has 94 valence electrons. The van der Waals surface area contributed by atoms with Gasteiger partial charge in [0.05, 0.1) is 6.61 Å². The number of ether oxygens (including phenoxy) is 1. The van der Waals surface area contributed by atoms with Crippen LogP contribution >= 0.6 is 0 Å². The molecule has 0 spiro atoms. The van der Waals surface area contributed by atoms with Gasteiger partial charge in [0.15, 0.2) is 0 Å². The van der Waals surface area contributed by atoms with Crippen LogP contribution in [0.2, 0.25) is 0 Å². The zero-order chi connectivity index (χ0) is 12.7. The Balaban J connectivity index is 2.41. The topological polar surface area (TPSA) is 38.3 Å². The molecule has 1 rings (SSSR count). The Hall–Kier alpha value is -1.51. The van der Waals surface area contributed by atoms with Gasteiger partial charge in [0, 0.05) is 5.54 Å². The van der Waals surface area contributed by atoms with Crippen molar-refractivity contribution in [2.75, 3.05) is 6.61 Å². The maximum absolute atomic E-state index is 11.3. The molecule has 1 aromatic rings. The summed E-state index contributed by atoms with van der Waals surface area (Å²) in [6, 6.07) is 10.3. The minimum atomic E-state index is -0.342. The van der Waals surface area contributed by atoms with Gasteiger partial charge in [0.25, 0.3) is 0 Å². The van der Waals surface area contributed by atoms with E-state index in [1.165, 1.54) is 5.56 Å².